The molecule has 9 heteroatoms. The van der Waals surface area contributed by atoms with Gasteiger partial charge in [0.05, 0.1) is 17.2 Å². The van der Waals surface area contributed by atoms with E-state index in [0.717, 1.165) is 21.9 Å². The highest BCUT2D eigenvalue weighted by atomic mass is 32.2. The highest BCUT2D eigenvalue weighted by Gasteiger charge is 2.32. The first-order valence-corrected chi connectivity index (χ1v) is 15.0. The summed E-state index contributed by atoms with van der Waals surface area (Å²) in [5, 5.41) is 2.94. The van der Waals surface area contributed by atoms with Gasteiger partial charge in [-0.25, -0.2) is 8.42 Å². The Bertz CT molecular complexity index is 1380. The lowest BCUT2D eigenvalue weighted by Gasteiger charge is -2.32. The van der Waals surface area contributed by atoms with Crippen LogP contribution in [0.4, 0.5) is 5.69 Å². The number of anilines is 1. The summed E-state index contributed by atoms with van der Waals surface area (Å²) in [6.45, 7) is 9.46. The molecule has 8 nitrogen and oxygen atoms in total. The summed E-state index contributed by atoms with van der Waals surface area (Å²) in [5.74, 6) is -0.239. The van der Waals surface area contributed by atoms with Crippen LogP contribution < -0.4 is 14.4 Å². The summed E-state index contributed by atoms with van der Waals surface area (Å²) in [5.41, 5.74) is 2.21. The number of benzene rings is 3. The Morgan fingerprint density at radius 2 is 1.60 bits per heavy atom. The van der Waals surface area contributed by atoms with E-state index in [0.29, 0.717) is 18.0 Å². The SMILES string of the molecule is CCOc1ccc(S(=O)(=O)N(CC(=O)N(Cc2cccc(C)c2)[C@@H](C)C(=O)N[C@@H](C)CC)c2ccccc2)cc1. The fourth-order valence-electron chi connectivity index (χ4n) is 4.18. The minimum Gasteiger partial charge on any atom is -0.494 e. The number of aryl methyl sites for hydroxylation is 1. The molecule has 0 saturated carbocycles. The molecule has 3 rings (SSSR count). The van der Waals surface area contributed by atoms with Crippen LogP contribution in [-0.2, 0) is 26.2 Å². The Morgan fingerprint density at radius 1 is 0.925 bits per heavy atom. The van der Waals surface area contributed by atoms with Crippen molar-refractivity contribution in [3.05, 3.63) is 90.0 Å². The summed E-state index contributed by atoms with van der Waals surface area (Å²) < 4.78 is 34.3. The van der Waals surface area contributed by atoms with Crippen molar-refractivity contribution in [1.29, 1.82) is 0 Å². The number of hydrogen-bond acceptors (Lipinski definition) is 5. The number of para-hydroxylation sites is 1. The van der Waals surface area contributed by atoms with Gasteiger partial charge in [0.2, 0.25) is 11.8 Å². The third-order valence-corrected chi connectivity index (χ3v) is 8.44. The zero-order chi connectivity index (χ0) is 29.3. The monoisotopic (exact) mass is 565 g/mol. The number of hydrogen-bond donors (Lipinski definition) is 1. The first-order chi connectivity index (χ1) is 19.1. The van der Waals surface area contributed by atoms with Gasteiger partial charge in [0.1, 0.15) is 18.3 Å². The van der Waals surface area contributed by atoms with Gasteiger partial charge >= 0.3 is 0 Å². The van der Waals surface area contributed by atoms with E-state index in [-0.39, 0.29) is 23.4 Å². The lowest BCUT2D eigenvalue weighted by atomic mass is 10.1. The Labute approximate surface area is 238 Å². The molecule has 0 aliphatic rings. The third-order valence-electron chi connectivity index (χ3n) is 6.65. The molecule has 2 atom stereocenters. The van der Waals surface area contributed by atoms with Gasteiger partial charge in [0.25, 0.3) is 10.0 Å². The van der Waals surface area contributed by atoms with Gasteiger partial charge in [-0.2, -0.15) is 0 Å². The lowest BCUT2D eigenvalue weighted by molar-refractivity contribution is -0.139. The van der Waals surface area contributed by atoms with Crippen LogP contribution in [0, 0.1) is 6.92 Å². The molecule has 0 spiro atoms. The maximum atomic E-state index is 14.0. The normalized spacial score (nSPS) is 12.7. The maximum absolute atomic E-state index is 14.0. The van der Waals surface area contributed by atoms with E-state index >= 15 is 0 Å². The Balaban J connectivity index is 1.99. The second kappa shape index (κ2) is 14.0. The quantitative estimate of drug-likeness (QED) is 0.317. The van der Waals surface area contributed by atoms with E-state index in [1.807, 2.05) is 52.0 Å². The van der Waals surface area contributed by atoms with Crippen LogP contribution in [0.25, 0.3) is 0 Å². The van der Waals surface area contributed by atoms with Crippen LogP contribution in [0.5, 0.6) is 5.75 Å². The molecule has 0 aliphatic heterocycles. The maximum Gasteiger partial charge on any atom is 0.264 e. The van der Waals surface area contributed by atoms with Crippen LogP contribution >= 0.6 is 0 Å². The van der Waals surface area contributed by atoms with E-state index < -0.39 is 28.5 Å². The fourth-order valence-corrected chi connectivity index (χ4v) is 5.59. The molecule has 0 fully saturated rings. The van der Waals surface area contributed by atoms with Gasteiger partial charge in [-0.3, -0.25) is 13.9 Å². The van der Waals surface area contributed by atoms with E-state index in [4.69, 9.17) is 4.74 Å². The number of nitrogens with zero attached hydrogens (tertiary/aromatic N) is 2. The molecule has 2 amide bonds. The van der Waals surface area contributed by atoms with Crippen molar-refractivity contribution in [1.82, 2.24) is 10.2 Å². The highest BCUT2D eigenvalue weighted by Crippen LogP contribution is 2.26. The van der Waals surface area contributed by atoms with E-state index in [1.54, 1.807) is 49.4 Å². The number of amides is 2. The molecule has 0 aliphatic carbocycles. The fraction of sp³-hybridized carbons (Fsp3) is 0.355. The molecular weight excluding hydrogens is 526 g/mol. The standard InChI is InChI=1S/C31H39N3O5S/c1-6-24(4)32-31(36)25(5)33(21-26-13-11-12-23(3)20-26)30(35)22-34(27-14-9-8-10-15-27)40(37,38)29-18-16-28(17-19-29)39-7-2/h8-20,24-25H,6-7,21-22H2,1-5H3,(H,32,36)/t24-,25-/m0/s1. The van der Waals surface area contributed by atoms with Crippen molar-refractivity contribution < 1.29 is 22.7 Å². The second-order valence-corrected chi connectivity index (χ2v) is 11.6. The minimum absolute atomic E-state index is 0.0282. The third kappa shape index (κ3) is 7.85. The highest BCUT2D eigenvalue weighted by molar-refractivity contribution is 7.92. The largest absolute Gasteiger partial charge is 0.494 e. The molecule has 214 valence electrons. The Morgan fingerprint density at radius 3 is 2.20 bits per heavy atom. The van der Waals surface area contributed by atoms with Gasteiger partial charge in [-0.05, 0) is 76.1 Å². The summed E-state index contributed by atoms with van der Waals surface area (Å²) >= 11 is 0. The smallest absolute Gasteiger partial charge is 0.264 e. The summed E-state index contributed by atoms with van der Waals surface area (Å²) in [6, 6.07) is 21.4. The van der Waals surface area contributed by atoms with Crippen molar-refractivity contribution in [2.75, 3.05) is 17.5 Å². The topological polar surface area (TPSA) is 96.0 Å². The lowest BCUT2D eigenvalue weighted by Crippen LogP contribution is -2.52. The number of sulfonamides is 1. The van der Waals surface area contributed by atoms with Gasteiger partial charge < -0.3 is 15.0 Å². The Hall–Kier alpha value is -3.85. The molecule has 0 aromatic heterocycles. The van der Waals surface area contributed by atoms with Crippen LogP contribution in [0.15, 0.2) is 83.8 Å². The number of carbonyl (C=O) groups excluding carboxylic acids is 2. The zero-order valence-electron chi connectivity index (χ0n) is 23.8. The molecule has 0 saturated heterocycles. The van der Waals surface area contributed by atoms with Gasteiger partial charge in [0, 0.05) is 12.6 Å². The summed E-state index contributed by atoms with van der Waals surface area (Å²) in [4.78, 5) is 28.5. The van der Waals surface area contributed by atoms with E-state index in [1.165, 1.54) is 17.0 Å². The molecule has 3 aromatic carbocycles. The van der Waals surface area contributed by atoms with E-state index in [2.05, 4.69) is 5.32 Å². The average Bonchev–Trinajstić information content (AvgIpc) is 2.95. The van der Waals surface area contributed by atoms with Crippen LogP contribution in [-0.4, -0.2) is 50.4 Å². The molecular formula is C31H39N3O5S. The number of nitrogens with one attached hydrogen (secondary N) is 1. The van der Waals surface area contributed by atoms with Crippen LogP contribution in [0.2, 0.25) is 0 Å². The molecule has 3 aromatic rings. The number of rotatable bonds is 13. The predicted molar refractivity (Wildman–Crippen MR) is 158 cm³/mol. The molecule has 1 N–H and O–H groups in total. The molecule has 0 bridgehead atoms. The van der Waals surface area contributed by atoms with Crippen molar-refractivity contribution in [3.63, 3.8) is 0 Å². The van der Waals surface area contributed by atoms with Crippen molar-refractivity contribution in [2.24, 2.45) is 0 Å². The summed E-state index contributed by atoms with van der Waals surface area (Å²) in [7, 11) is -4.13. The molecule has 0 unspecified atom stereocenters. The Kier molecular flexibility index (Phi) is 10.7. The number of carbonyl (C=O) groups is 2. The predicted octanol–water partition coefficient (Wildman–Crippen LogP) is 4.92. The molecule has 0 heterocycles. The minimum atomic E-state index is -4.13. The average molecular weight is 566 g/mol. The van der Waals surface area contributed by atoms with Crippen molar-refractivity contribution in [3.8, 4) is 5.75 Å². The second-order valence-electron chi connectivity index (χ2n) is 9.76. The van der Waals surface area contributed by atoms with Gasteiger partial charge in [-0.15, -0.1) is 0 Å². The molecule has 0 radical (unpaired) electrons. The van der Waals surface area contributed by atoms with Gasteiger partial charge in [-0.1, -0.05) is 55.0 Å². The van der Waals surface area contributed by atoms with Crippen molar-refractivity contribution >= 4 is 27.5 Å². The van der Waals surface area contributed by atoms with Gasteiger partial charge in [0.15, 0.2) is 0 Å². The first kappa shape index (κ1) is 30.7. The first-order valence-electron chi connectivity index (χ1n) is 13.5. The van der Waals surface area contributed by atoms with Crippen molar-refractivity contribution in [2.45, 2.75) is 64.6 Å². The zero-order valence-corrected chi connectivity index (χ0v) is 24.6. The number of ether oxygens (including phenoxy) is 1. The van der Waals surface area contributed by atoms with E-state index in [9.17, 15) is 18.0 Å². The van der Waals surface area contributed by atoms with Crippen LogP contribution in [0.1, 0.15) is 45.2 Å². The summed E-state index contributed by atoms with van der Waals surface area (Å²) in [6.07, 6.45) is 0.742. The van der Waals surface area contributed by atoms with Crippen LogP contribution in [0.3, 0.4) is 0 Å². The molecule has 40 heavy (non-hydrogen) atoms.